The fraction of sp³-hybridized carbons (Fsp3) is 0.200. The lowest BCUT2D eigenvalue weighted by Crippen LogP contribution is -2.12. The van der Waals surface area contributed by atoms with Gasteiger partial charge in [-0.1, -0.05) is 0 Å². The standard InChI is InChI=1S/C10H10N2O2/c1-14-10-3-2-8-9(12-10)4-7(6-13)5-11-8/h2-4,6,11H,5H2,1H3. The average Bonchev–Trinajstić information content (AvgIpc) is 2.27. The third-order valence-electron chi connectivity index (χ3n) is 2.06. The molecule has 1 N–H and O–H groups in total. The van der Waals surface area contributed by atoms with Crippen LogP contribution in [0.15, 0.2) is 17.7 Å². The number of hydrogen-bond acceptors (Lipinski definition) is 4. The highest BCUT2D eigenvalue weighted by Gasteiger charge is 2.10. The lowest BCUT2D eigenvalue weighted by Gasteiger charge is -2.15. The Hall–Kier alpha value is -1.84. The van der Waals surface area contributed by atoms with E-state index in [2.05, 4.69) is 10.3 Å². The first kappa shape index (κ1) is 8.74. The molecule has 0 saturated carbocycles. The van der Waals surface area contributed by atoms with Crippen LogP contribution in [0.3, 0.4) is 0 Å². The second kappa shape index (κ2) is 3.49. The van der Waals surface area contributed by atoms with Gasteiger partial charge in [0.25, 0.3) is 0 Å². The molecule has 1 aromatic rings. The molecule has 0 spiro atoms. The van der Waals surface area contributed by atoms with E-state index in [9.17, 15) is 4.79 Å². The number of carbonyl (C=O) groups is 1. The highest BCUT2D eigenvalue weighted by molar-refractivity contribution is 5.87. The van der Waals surface area contributed by atoms with Gasteiger partial charge in [0.05, 0.1) is 18.5 Å². The van der Waals surface area contributed by atoms with Crippen molar-refractivity contribution in [3.05, 3.63) is 23.4 Å². The quantitative estimate of drug-likeness (QED) is 0.709. The van der Waals surface area contributed by atoms with E-state index in [1.807, 2.05) is 6.07 Å². The maximum absolute atomic E-state index is 10.6. The number of anilines is 1. The van der Waals surface area contributed by atoms with Crippen molar-refractivity contribution < 1.29 is 9.53 Å². The van der Waals surface area contributed by atoms with Crippen LogP contribution in [0, 0.1) is 0 Å². The van der Waals surface area contributed by atoms with E-state index in [4.69, 9.17) is 4.74 Å². The molecule has 1 aliphatic rings. The van der Waals surface area contributed by atoms with Crippen molar-refractivity contribution in [2.45, 2.75) is 0 Å². The first-order valence-corrected chi connectivity index (χ1v) is 4.28. The van der Waals surface area contributed by atoms with Crippen LogP contribution in [-0.2, 0) is 4.79 Å². The fourth-order valence-electron chi connectivity index (χ4n) is 1.33. The molecule has 4 nitrogen and oxygen atoms in total. The van der Waals surface area contributed by atoms with E-state index in [1.165, 1.54) is 0 Å². The number of rotatable bonds is 2. The van der Waals surface area contributed by atoms with Gasteiger partial charge in [-0.15, -0.1) is 0 Å². The molecule has 72 valence electrons. The average molecular weight is 190 g/mol. The van der Waals surface area contributed by atoms with Crippen molar-refractivity contribution in [2.24, 2.45) is 0 Å². The highest BCUT2D eigenvalue weighted by Crippen LogP contribution is 2.23. The summed E-state index contributed by atoms with van der Waals surface area (Å²) in [5.74, 6) is 0.550. The van der Waals surface area contributed by atoms with Crippen LogP contribution in [0.4, 0.5) is 5.69 Å². The first-order valence-electron chi connectivity index (χ1n) is 4.28. The minimum Gasteiger partial charge on any atom is -0.481 e. The van der Waals surface area contributed by atoms with Gasteiger partial charge in [-0.25, -0.2) is 4.98 Å². The molecule has 0 aliphatic carbocycles. The van der Waals surface area contributed by atoms with E-state index < -0.39 is 0 Å². The SMILES string of the molecule is COc1ccc2c(n1)C=C(C=O)CN2. The second-order valence-electron chi connectivity index (χ2n) is 2.98. The largest absolute Gasteiger partial charge is 0.481 e. The first-order chi connectivity index (χ1) is 6.83. The molecule has 0 atom stereocenters. The summed E-state index contributed by atoms with van der Waals surface area (Å²) < 4.78 is 4.99. The van der Waals surface area contributed by atoms with E-state index in [-0.39, 0.29) is 0 Å². The Bertz CT molecular complexity index is 399. The zero-order chi connectivity index (χ0) is 9.97. The molecule has 2 rings (SSSR count). The van der Waals surface area contributed by atoms with Crippen LogP contribution in [-0.4, -0.2) is 24.9 Å². The number of fused-ring (bicyclic) bond motifs is 1. The van der Waals surface area contributed by atoms with Crippen molar-refractivity contribution in [3.8, 4) is 5.88 Å². The van der Waals surface area contributed by atoms with Gasteiger partial charge in [-0.3, -0.25) is 4.79 Å². The lowest BCUT2D eigenvalue weighted by molar-refractivity contribution is -0.104. The number of ether oxygens (including phenoxy) is 1. The summed E-state index contributed by atoms with van der Waals surface area (Å²) in [6.45, 7) is 0.560. The summed E-state index contributed by atoms with van der Waals surface area (Å²) >= 11 is 0. The number of aromatic nitrogens is 1. The summed E-state index contributed by atoms with van der Waals surface area (Å²) in [5, 5.41) is 3.10. The fourth-order valence-corrected chi connectivity index (χ4v) is 1.33. The van der Waals surface area contributed by atoms with Gasteiger partial charge in [-0.2, -0.15) is 0 Å². The molecule has 0 amide bonds. The Morgan fingerprint density at radius 2 is 2.43 bits per heavy atom. The molecule has 1 aromatic heterocycles. The summed E-state index contributed by atoms with van der Waals surface area (Å²) in [5.41, 5.74) is 2.37. The predicted molar refractivity (Wildman–Crippen MR) is 53.3 cm³/mol. The normalized spacial score (nSPS) is 13.6. The summed E-state index contributed by atoms with van der Waals surface area (Å²) in [7, 11) is 1.56. The molecule has 0 unspecified atom stereocenters. The van der Waals surface area contributed by atoms with Crippen LogP contribution in [0.1, 0.15) is 5.69 Å². The van der Waals surface area contributed by atoms with Gasteiger partial charge in [0, 0.05) is 18.2 Å². The number of aldehydes is 1. The molecule has 0 aromatic carbocycles. The monoisotopic (exact) mass is 190 g/mol. The van der Waals surface area contributed by atoms with Gasteiger partial charge in [0.1, 0.15) is 6.29 Å². The molecule has 14 heavy (non-hydrogen) atoms. The van der Waals surface area contributed by atoms with Crippen LogP contribution in [0.5, 0.6) is 5.88 Å². The topological polar surface area (TPSA) is 51.2 Å². The minimum absolute atomic E-state index is 0.550. The van der Waals surface area contributed by atoms with E-state index >= 15 is 0 Å². The van der Waals surface area contributed by atoms with Crippen LogP contribution >= 0.6 is 0 Å². The molecule has 2 heterocycles. The van der Waals surface area contributed by atoms with Gasteiger partial charge >= 0.3 is 0 Å². The molecule has 4 heteroatoms. The highest BCUT2D eigenvalue weighted by atomic mass is 16.5. The van der Waals surface area contributed by atoms with E-state index in [0.717, 1.165) is 17.7 Å². The molecular formula is C10H10N2O2. The van der Waals surface area contributed by atoms with Crippen molar-refractivity contribution in [1.29, 1.82) is 0 Å². The Morgan fingerprint density at radius 1 is 1.57 bits per heavy atom. The number of nitrogens with zero attached hydrogens (tertiary/aromatic N) is 1. The molecule has 0 radical (unpaired) electrons. The second-order valence-corrected chi connectivity index (χ2v) is 2.98. The number of pyridine rings is 1. The number of methoxy groups -OCH3 is 1. The Morgan fingerprint density at radius 3 is 3.14 bits per heavy atom. The Labute approximate surface area is 81.6 Å². The van der Waals surface area contributed by atoms with Gasteiger partial charge in [0.2, 0.25) is 5.88 Å². The zero-order valence-corrected chi connectivity index (χ0v) is 7.78. The summed E-state index contributed by atoms with van der Waals surface area (Å²) in [4.78, 5) is 14.8. The molecule has 0 saturated heterocycles. The Kier molecular flexibility index (Phi) is 2.18. The smallest absolute Gasteiger partial charge is 0.213 e. The van der Waals surface area contributed by atoms with Crippen molar-refractivity contribution in [3.63, 3.8) is 0 Å². The van der Waals surface area contributed by atoms with Gasteiger partial charge in [0.15, 0.2) is 0 Å². The van der Waals surface area contributed by atoms with Crippen LogP contribution in [0.2, 0.25) is 0 Å². The number of carbonyl (C=O) groups excluding carboxylic acids is 1. The maximum atomic E-state index is 10.6. The molecule has 0 fully saturated rings. The molecular weight excluding hydrogens is 180 g/mol. The lowest BCUT2D eigenvalue weighted by atomic mass is 10.1. The van der Waals surface area contributed by atoms with Gasteiger partial charge < -0.3 is 10.1 Å². The van der Waals surface area contributed by atoms with Crippen molar-refractivity contribution in [1.82, 2.24) is 4.98 Å². The Balaban J connectivity index is 2.44. The van der Waals surface area contributed by atoms with Crippen molar-refractivity contribution in [2.75, 3.05) is 19.0 Å². The van der Waals surface area contributed by atoms with E-state index in [0.29, 0.717) is 18.0 Å². The molecule has 1 aliphatic heterocycles. The summed E-state index contributed by atoms with van der Waals surface area (Å²) in [6, 6.07) is 3.67. The van der Waals surface area contributed by atoms with Crippen LogP contribution < -0.4 is 10.1 Å². The van der Waals surface area contributed by atoms with Crippen LogP contribution in [0.25, 0.3) is 6.08 Å². The molecule has 0 bridgehead atoms. The maximum Gasteiger partial charge on any atom is 0.213 e. The third-order valence-corrected chi connectivity index (χ3v) is 2.06. The number of hydrogen-bond donors (Lipinski definition) is 1. The van der Waals surface area contributed by atoms with Gasteiger partial charge in [-0.05, 0) is 12.1 Å². The third kappa shape index (κ3) is 1.46. The van der Waals surface area contributed by atoms with Crippen molar-refractivity contribution >= 4 is 18.0 Å². The summed E-state index contributed by atoms with van der Waals surface area (Å²) in [6.07, 6.45) is 2.60. The predicted octanol–water partition coefficient (Wildman–Crippen LogP) is 1.10. The minimum atomic E-state index is 0.550. The zero-order valence-electron chi connectivity index (χ0n) is 7.78. The number of nitrogens with one attached hydrogen (secondary N) is 1. The van der Waals surface area contributed by atoms with E-state index in [1.54, 1.807) is 19.3 Å².